The van der Waals surface area contributed by atoms with Gasteiger partial charge in [0.05, 0.1) is 6.10 Å². The predicted molar refractivity (Wildman–Crippen MR) is 82.9 cm³/mol. The molecule has 0 spiro atoms. The van der Waals surface area contributed by atoms with Crippen LogP contribution in [-0.4, -0.2) is 12.1 Å². The van der Waals surface area contributed by atoms with Gasteiger partial charge in [-0.2, -0.15) is 0 Å². The van der Waals surface area contributed by atoms with Crippen molar-refractivity contribution in [3.63, 3.8) is 0 Å². The molecule has 0 bridgehead atoms. The summed E-state index contributed by atoms with van der Waals surface area (Å²) in [6.45, 7) is 5.68. The van der Waals surface area contributed by atoms with E-state index in [4.69, 9.17) is 4.74 Å². The van der Waals surface area contributed by atoms with E-state index >= 15 is 0 Å². The smallest absolute Gasteiger partial charge is 0.124 e. The Hall–Kier alpha value is -1.02. The van der Waals surface area contributed by atoms with Crippen LogP contribution in [0.15, 0.2) is 24.3 Å². The van der Waals surface area contributed by atoms with Crippen LogP contribution in [0.4, 0.5) is 0 Å². The molecule has 0 saturated heterocycles. The van der Waals surface area contributed by atoms with Crippen LogP contribution in [-0.2, 0) is 6.54 Å². The summed E-state index contributed by atoms with van der Waals surface area (Å²) in [6.07, 6.45) is 6.78. The van der Waals surface area contributed by atoms with Crippen LogP contribution >= 0.6 is 0 Å². The van der Waals surface area contributed by atoms with E-state index in [2.05, 4.69) is 43.4 Å². The van der Waals surface area contributed by atoms with E-state index < -0.39 is 0 Å². The van der Waals surface area contributed by atoms with Gasteiger partial charge < -0.3 is 10.1 Å². The van der Waals surface area contributed by atoms with E-state index in [1.54, 1.807) is 0 Å². The maximum atomic E-state index is 6.32. The average Bonchev–Trinajstić information content (AvgIpc) is 3.26. The summed E-state index contributed by atoms with van der Waals surface area (Å²) in [5, 5.41) is 3.59. The summed E-state index contributed by atoms with van der Waals surface area (Å²) < 4.78 is 6.32. The van der Waals surface area contributed by atoms with Crippen molar-refractivity contribution in [1.29, 1.82) is 0 Å². The van der Waals surface area contributed by atoms with Gasteiger partial charge in [0.15, 0.2) is 0 Å². The Bertz CT molecular complexity index is 441. The molecule has 1 N–H and O–H groups in total. The maximum Gasteiger partial charge on any atom is 0.124 e. The highest BCUT2D eigenvalue weighted by atomic mass is 16.5. The summed E-state index contributed by atoms with van der Waals surface area (Å²) in [7, 11) is 0. The van der Waals surface area contributed by atoms with Gasteiger partial charge in [0.1, 0.15) is 5.75 Å². The van der Waals surface area contributed by atoms with Crippen LogP contribution in [0, 0.1) is 11.8 Å². The molecular formula is C18H27NO. The lowest BCUT2D eigenvalue weighted by Gasteiger charge is -2.32. The van der Waals surface area contributed by atoms with Crippen molar-refractivity contribution in [3.05, 3.63) is 29.8 Å². The van der Waals surface area contributed by atoms with Gasteiger partial charge in [0.25, 0.3) is 0 Å². The Balaban J connectivity index is 1.61. The molecule has 2 aliphatic rings. The highest BCUT2D eigenvalue weighted by molar-refractivity contribution is 5.33. The lowest BCUT2D eigenvalue weighted by atomic mass is 9.80. The maximum absolute atomic E-state index is 6.32. The molecule has 0 radical (unpaired) electrons. The standard InChI is InChI=1S/C18H27NO/c1-13-7-10-17(11-14(13)2)20-18-6-4-3-5-15(18)12-19-16-8-9-16/h3-6,13-14,16-17,19H,7-12H2,1-2H3. The van der Waals surface area contributed by atoms with Crippen LogP contribution in [0.5, 0.6) is 5.75 Å². The molecule has 2 saturated carbocycles. The highest BCUT2D eigenvalue weighted by Gasteiger charge is 2.26. The average molecular weight is 273 g/mol. The SMILES string of the molecule is CC1CCC(Oc2ccccc2CNC2CC2)CC1C. The summed E-state index contributed by atoms with van der Waals surface area (Å²) >= 11 is 0. The normalized spacial score (nSPS) is 30.2. The van der Waals surface area contributed by atoms with Crippen molar-refractivity contribution in [2.45, 2.75) is 64.6 Å². The molecular weight excluding hydrogens is 246 g/mol. The Kier molecular flexibility index (Phi) is 4.30. The van der Waals surface area contributed by atoms with Crippen molar-refractivity contribution in [2.24, 2.45) is 11.8 Å². The molecule has 3 unspecified atom stereocenters. The molecule has 110 valence electrons. The summed E-state index contributed by atoms with van der Waals surface area (Å²) in [4.78, 5) is 0. The van der Waals surface area contributed by atoms with Gasteiger partial charge in [-0.1, -0.05) is 32.0 Å². The molecule has 3 rings (SSSR count). The largest absolute Gasteiger partial charge is 0.490 e. The quantitative estimate of drug-likeness (QED) is 0.870. The third-order valence-electron chi connectivity index (χ3n) is 4.97. The third kappa shape index (κ3) is 3.54. The molecule has 0 amide bonds. The van der Waals surface area contributed by atoms with E-state index in [1.807, 2.05) is 0 Å². The molecule has 1 aromatic carbocycles. The van der Waals surface area contributed by atoms with Gasteiger partial charge >= 0.3 is 0 Å². The van der Waals surface area contributed by atoms with Crippen molar-refractivity contribution >= 4 is 0 Å². The van der Waals surface area contributed by atoms with E-state index in [0.717, 1.165) is 30.2 Å². The van der Waals surface area contributed by atoms with Crippen LogP contribution in [0.3, 0.4) is 0 Å². The summed E-state index contributed by atoms with van der Waals surface area (Å²) in [5.74, 6) is 2.72. The predicted octanol–water partition coefficient (Wildman–Crippen LogP) is 4.14. The van der Waals surface area contributed by atoms with E-state index in [0.29, 0.717) is 6.10 Å². The Labute approximate surface area is 122 Å². The lowest BCUT2D eigenvalue weighted by molar-refractivity contribution is 0.0996. The Morgan fingerprint density at radius 3 is 2.60 bits per heavy atom. The number of para-hydroxylation sites is 1. The number of benzene rings is 1. The van der Waals surface area contributed by atoms with Crippen LogP contribution in [0.25, 0.3) is 0 Å². The van der Waals surface area contributed by atoms with Gasteiger partial charge in [0.2, 0.25) is 0 Å². The Morgan fingerprint density at radius 1 is 1.05 bits per heavy atom. The highest BCUT2D eigenvalue weighted by Crippen LogP contribution is 2.32. The third-order valence-corrected chi connectivity index (χ3v) is 4.97. The zero-order valence-electron chi connectivity index (χ0n) is 12.8. The minimum Gasteiger partial charge on any atom is -0.490 e. The molecule has 2 nitrogen and oxygen atoms in total. The number of ether oxygens (including phenoxy) is 1. The fourth-order valence-corrected chi connectivity index (χ4v) is 3.09. The van der Waals surface area contributed by atoms with Gasteiger partial charge in [-0.25, -0.2) is 0 Å². The second-order valence-corrected chi connectivity index (χ2v) is 6.77. The van der Waals surface area contributed by atoms with Gasteiger partial charge in [-0.05, 0) is 50.0 Å². The lowest BCUT2D eigenvalue weighted by Crippen LogP contribution is -2.29. The summed E-state index contributed by atoms with van der Waals surface area (Å²) in [5.41, 5.74) is 1.31. The molecule has 2 fully saturated rings. The van der Waals surface area contributed by atoms with E-state index in [1.165, 1.54) is 37.7 Å². The fraction of sp³-hybridized carbons (Fsp3) is 0.667. The van der Waals surface area contributed by atoms with Crippen molar-refractivity contribution in [1.82, 2.24) is 5.32 Å². The molecule has 0 aromatic heterocycles. The number of hydrogen-bond acceptors (Lipinski definition) is 2. The first kappa shape index (κ1) is 13.9. The second kappa shape index (κ2) is 6.17. The molecule has 20 heavy (non-hydrogen) atoms. The molecule has 3 atom stereocenters. The fourth-order valence-electron chi connectivity index (χ4n) is 3.09. The zero-order valence-corrected chi connectivity index (χ0v) is 12.8. The first-order valence-corrected chi connectivity index (χ1v) is 8.20. The van der Waals surface area contributed by atoms with E-state index in [9.17, 15) is 0 Å². The molecule has 2 heteroatoms. The minimum absolute atomic E-state index is 0.406. The molecule has 1 aromatic rings. The number of rotatable bonds is 5. The number of nitrogens with one attached hydrogen (secondary N) is 1. The van der Waals surface area contributed by atoms with Gasteiger partial charge in [-0.3, -0.25) is 0 Å². The topological polar surface area (TPSA) is 21.3 Å². The van der Waals surface area contributed by atoms with Crippen molar-refractivity contribution in [2.75, 3.05) is 0 Å². The minimum atomic E-state index is 0.406. The molecule has 0 aliphatic heterocycles. The van der Waals surface area contributed by atoms with Crippen LogP contribution in [0.1, 0.15) is 51.5 Å². The molecule has 2 aliphatic carbocycles. The monoisotopic (exact) mass is 273 g/mol. The van der Waals surface area contributed by atoms with Gasteiger partial charge in [0, 0.05) is 18.2 Å². The zero-order chi connectivity index (χ0) is 13.9. The Morgan fingerprint density at radius 2 is 1.85 bits per heavy atom. The van der Waals surface area contributed by atoms with E-state index in [-0.39, 0.29) is 0 Å². The second-order valence-electron chi connectivity index (χ2n) is 6.77. The van der Waals surface area contributed by atoms with Crippen molar-refractivity contribution in [3.8, 4) is 5.75 Å². The first-order valence-electron chi connectivity index (χ1n) is 8.20. The van der Waals surface area contributed by atoms with Crippen LogP contribution < -0.4 is 10.1 Å². The van der Waals surface area contributed by atoms with Gasteiger partial charge in [-0.15, -0.1) is 0 Å². The van der Waals surface area contributed by atoms with Crippen LogP contribution in [0.2, 0.25) is 0 Å². The number of hydrogen-bond donors (Lipinski definition) is 1. The summed E-state index contributed by atoms with van der Waals surface area (Å²) in [6, 6.07) is 9.28. The van der Waals surface area contributed by atoms with Crippen molar-refractivity contribution < 1.29 is 4.74 Å². The molecule has 0 heterocycles. The first-order chi connectivity index (χ1) is 9.72.